The summed E-state index contributed by atoms with van der Waals surface area (Å²) in [5.74, 6) is 0.147. The third-order valence-electron chi connectivity index (χ3n) is 4.90. The topological polar surface area (TPSA) is 72.5 Å². The summed E-state index contributed by atoms with van der Waals surface area (Å²) in [4.78, 5) is 16.0. The Balaban J connectivity index is 1.73. The number of pyridine rings is 1. The van der Waals surface area contributed by atoms with E-state index in [4.69, 9.17) is 9.47 Å². The first-order valence-electron chi connectivity index (χ1n) is 10.8. The van der Waals surface area contributed by atoms with Gasteiger partial charge in [0, 0.05) is 37.1 Å². The van der Waals surface area contributed by atoms with Crippen LogP contribution >= 0.6 is 0 Å². The van der Waals surface area contributed by atoms with E-state index in [1.54, 1.807) is 18.5 Å². The molecule has 3 rings (SSSR count). The zero-order valence-corrected chi connectivity index (χ0v) is 19.4. The Hall–Kier alpha value is -3.45. The predicted octanol–water partition coefficient (Wildman–Crippen LogP) is 5.10. The molecule has 0 aliphatic rings. The number of halogens is 1. The number of nitrogens with zero attached hydrogens (tertiary/aromatic N) is 1. The van der Waals surface area contributed by atoms with Crippen LogP contribution in [0.1, 0.15) is 37.9 Å². The lowest BCUT2D eigenvalue weighted by Crippen LogP contribution is -2.37. The molecule has 0 aliphatic carbocycles. The van der Waals surface area contributed by atoms with Gasteiger partial charge in [0.25, 0.3) is 0 Å². The molecule has 1 amide bonds. The molecule has 0 aliphatic heterocycles. The predicted molar refractivity (Wildman–Crippen MR) is 127 cm³/mol. The van der Waals surface area contributed by atoms with E-state index in [1.807, 2.05) is 57.2 Å². The second-order valence-corrected chi connectivity index (χ2v) is 8.56. The van der Waals surface area contributed by atoms with E-state index in [0.717, 1.165) is 22.3 Å². The maximum Gasteiger partial charge on any atom is 0.407 e. The third kappa shape index (κ3) is 7.02. The van der Waals surface area contributed by atoms with Crippen molar-refractivity contribution in [3.05, 3.63) is 83.9 Å². The maximum absolute atomic E-state index is 13.6. The Morgan fingerprint density at radius 2 is 1.67 bits per heavy atom. The summed E-state index contributed by atoms with van der Waals surface area (Å²) in [6.45, 7) is 6.45. The average Bonchev–Trinajstić information content (AvgIpc) is 2.78. The van der Waals surface area contributed by atoms with Crippen molar-refractivity contribution in [2.75, 3.05) is 20.2 Å². The number of methoxy groups -OCH3 is 1. The van der Waals surface area contributed by atoms with Crippen LogP contribution < -0.4 is 15.4 Å². The van der Waals surface area contributed by atoms with Crippen LogP contribution in [0.4, 0.5) is 9.18 Å². The first kappa shape index (κ1) is 24.2. The molecule has 0 fully saturated rings. The highest BCUT2D eigenvalue weighted by molar-refractivity contribution is 5.70. The monoisotopic (exact) mass is 451 g/mol. The lowest BCUT2D eigenvalue weighted by atomic mass is 9.96. The minimum Gasteiger partial charge on any atom is -0.496 e. The number of benzene rings is 2. The molecule has 6 nitrogen and oxygen atoms in total. The largest absolute Gasteiger partial charge is 0.496 e. The van der Waals surface area contributed by atoms with Gasteiger partial charge in [0.1, 0.15) is 17.2 Å². The highest BCUT2D eigenvalue weighted by Crippen LogP contribution is 2.32. The summed E-state index contributed by atoms with van der Waals surface area (Å²) in [5.41, 5.74) is 3.31. The van der Waals surface area contributed by atoms with Crippen LogP contribution in [-0.2, 0) is 4.74 Å². The fourth-order valence-electron chi connectivity index (χ4n) is 3.44. The van der Waals surface area contributed by atoms with Gasteiger partial charge in [-0.05, 0) is 61.7 Å². The lowest BCUT2D eigenvalue weighted by Gasteiger charge is -2.22. The number of nitrogens with one attached hydrogen (secondary N) is 2. The fourth-order valence-corrected chi connectivity index (χ4v) is 3.44. The van der Waals surface area contributed by atoms with E-state index in [1.165, 1.54) is 19.2 Å². The van der Waals surface area contributed by atoms with Crippen LogP contribution in [0.5, 0.6) is 5.75 Å². The molecule has 3 aromatic rings. The van der Waals surface area contributed by atoms with Crippen molar-refractivity contribution in [2.45, 2.75) is 32.4 Å². The number of alkyl carbamates (subject to hydrolysis) is 1. The van der Waals surface area contributed by atoms with Gasteiger partial charge in [0.05, 0.1) is 13.2 Å². The molecule has 1 unspecified atom stereocenters. The van der Waals surface area contributed by atoms with Gasteiger partial charge in [0.15, 0.2) is 0 Å². The molecule has 33 heavy (non-hydrogen) atoms. The Bertz CT molecular complexity index is 1050. The summed E-state index contributed by atoms with van der Waals surface area (Å²) < 4.78 is 24.2. The van der Waals surface area contributed by atoms with E-state index < -0.39 is 11.7 Å². The number of carbonyl (C=O) groups is 1. The zero-order valence-electron chi connectivity index (χ0n) is 19.4. The van der Waals surface area contributed by atoms with E-state index >= 15 is 0 Å². The maximum atomic E-state index is 13.6. The third-order valence-corrected chi connectivity index (χ3v) is 4.90. The second-order valence-electron chi connectivity index (χ2n) is 8.56. The molecule has 2 N–H and O–H groups in total. The average molecular weight is 452 g/mol. The Morgan fingerprint density at radius 3 is 2.30 bits per heavy atom. The molecule has 1 heterocycles. The molecule has 174 valence electrons. The molecule has 7 heteroatoms. The molecule has 1 atom stereocenters. The van der Waals surface area contributed by atoms with Crippen molar-refractivity contribution in [1.82, 2.24) is 15.6 Å². The quantitative estimate of drug-likeness (QED) is 0.466. The van der Waals surface area contributed by atoms with Crippen LogP contribution in [0.2, 0.25) is 0 Å². The molecule has 0 spiro atoms. The number of rotatable bonds is 8. The molecular formula is C26H30FN3O3. The van der Waals surface area contributed by atoms with Gasteiger partial charge in [0.2, 0.25) is 0 Å². The number of hydrogen-bond acceptors (Lipinski definition) is 5. The molecule has 0 bridgehead atoms. The van der Waals surface area contributed by atoms with E-state index in [2.05, 4.69) is 15.6 Å². The van der Waals surface area contributed by atoms with Crippen molar-refractivity contribution in [3.8, 4) is 16.9 Å². The summed E-state index contributed by atoms with van der Waals surface area (Å²) in [6, 6.07) is 16.3. The number of aromatic nitrogens is 1. The lowest BCUT2D eigenvalue weighted by molar-refractivity contribution is 0.0528. The van der Waals surface area contributed by atoms with Crippen molar-refractivity contribution >= 4 is 6.09 Å². The normalized spacial score (nSPS) is 12.2. The van der Waals surface area contributed by atoms with E-state index in [-0.39, 0.29) is 11.9 Å². The van der Waals surface area contributed by atoms with Crippen LogP contribution in [-0.4, -0.2) is 36.9 Å². The van der Waals surface area contributed by atoms with E-state index in [0.29, 0.717) is 18.8 Å². The molecule has 0 saturated carbocycles. The number of ether oxygens (including phenoxy) is 2. The van der Waals surface area contributed by atoms with Gasteiger partial charge in [-0.15, -0.1) is 0 Å². The Kier molecular flexibility index (Phi) is 8.01. The van der Waals surface area contributed by atoms with Crippen LogP contribution in [0.3, 0.4) is 0 Å². The molecule has 1 aromatic heterocycles. The first-order valence-corrected chi connectivity index (χ1v) is 10.8. The van der Waals surface area contributed by atoms with Gasteiger partial charge in [-0.1, -0.05) is 24.3 Å². The number of carbonyl (C=O) groups excluding carboxylic acids is 1. The van der Waals surface area contributed by atoms with Crippen LogP contribution in [0, 0.1) is 5.82 Å². The van der Waals surface area contributed by atoms with Gasteiger partial charge < -0.3 is 20.1 Å². The first-order chi connectivity index (χ1) is 15.8. The second kappa shape index (κ2) is 10.9. The van der Waals surface area contributed by atoms with Crippen LogP contribution in [0.15, 0.2) is 67.0 Å². The van der Waals surface area contributed by atoms with Crippen LogP contribution in [0.25, 0.3) is 11.1 Å². The molecule has 2 aromatic carbocycles. The molecular weight excluding hydrogens is 421 g/mol. The van der Waals surface area contributed by atoms with Gasteiger partial charge in [-0.3, -0.25) is 4.98 Å². The standard InChI is InChI=1S/C26H30FN3O3/c1-26(2,3)33-25(31)30-16-15-29-24(20-11-13-28-14-12-20)19-7-5-18(6-8-19)22-10-9-21(27)17-23(22)32-4/h5-14,17,24,29H,15-16H2,1-4H3,(H,30,31). The minimum atomic E-state index is -0.536. The smallest absolute Gasteiger partial charge is 0.407 e. The molecule has 0 saturated heterocycles. The summed E-state index contributed by atoms with van der Waals surface area (Å²) >= 11 is 0. The van der Waals surface area contributed by atoms with Crippen molar-refractivity contribution in [2.24, 2.45) is 0 Å². The Morgan fingerprint density at radius 1 is 1.00 bits per heavy atom. The van der Waals surface area contributed by atoms with Gasteiger partial charge in [-0.2, -0.15) is 0 Å². The minimum absolute atomic E-state index is 0.0994. The Labute approximate surface area is 194 Å². The summed E-state index contributed by atoms with van der Waals surface area (Å²) in [7, 11) is 1.53. The van der Waals surface area contributed by atoms with Crippen molar-refractivity contribution in [3.63, 3.8) is 0 Å². The summed E-state index contributed by atoms with van der Waals surface area (Å²) in [6.07, 6.45) is 3.06. The van der Waals surface area contributed by atoms with E-state index in [9.17, 15) is 9.18 Å². The van der Waals surface area contributed by atoms with Gasteiger partial charge in [-0.25, -0.2) is 9.18 Å². The highest BCUT2D eigenvalue weighted by Gasteiger charge is 2.17. The summed E-state index contributed by atoms with van der Waals surface area (Å²) in [5, 5.41) is 6.25. The number of amides is 1. The highest BCUT2D eigenvalue weighted by atomic mass is 19.1. The van der Waals surface area contributed by atoms with Crippen molar-refractivity contribution in [1.29, 1.82) is 0 Å². The van der Waals surface area contributed by atoms with Gasteiger partial charge >= 0.3 is 6.09 Å². The fraction of sp³-hybridized carbons (Fsp3) is 0.308. The SMILES string of the molecule is COc1cc(F)ccc1-c1ccc(C(NCCNC(=O)OC(C)(C)C)c2ccncc2)cc1. The van der Waals surface area contributed by atoms with Crippen molar-refractivity contribution < 1.29 is 18.7 Å². The zero-order chi connectivity index (χ0) is 23.8. The molecule has 0 radical (unpaired) electrons. The number of hydrogen-bond donors (Lipinski definition) is 2.